The maximum absolute atomic E-state index is 6.35. The van der Waals surface area contributed by atoms with Gasteiger partial charge < -0.3 is 4.74 Å². The highest BCUT2D eigenvalue weighted by molar-refractivity contribution is 9.09. The average molecular weight is 374 g/mol. The first kappa shape index (κ1) is 15.7. The van der Waals surface area contributed by atoms with Gasteiger partial charge in [0, 0.05) is 11.1 Å². The Morgan fingerprint density at radius 2 is 1.75 bits per heavy atom. The van der Waals surface area contributed by atoms with Crippen molar-refractivity contribution < 1.29 is 4.74 Å². The monoisotopic (exact) mass is 372 g/mol. The molecule has 20 heavy (non-hydrogen) atoms. The van der Waals surface area contributed by atoms with Crippen LogP contribution in [0.1, 0.15) is 27.1 Å². The number of hydrogen-bond acceptors (Lipinski definition) is 1. The highest BCUT2D eigenvalue weighted by Crippen LogP contribution is 2.41. The van der Waals surface area contributed by atoms with Crippen LogP contribution in [-0.4, -0.2) is 7.11 Å². The van der Waals surface area contributed by atoms with Crippen molar-refractivity contribution in [2.24, 2.45) is 0 Å². The number of benzene rings is 2. The van der Waals surface area contributed by atoms with E-state index >= 15 is 0 Å². The third-order valence-electron chi connectivity index (χ3n) is 3.46. The lowest BCUT2D eigenvalue weighted by atomic mass is 9.97. The normalized spacial score (nSPS) is 12.3. The average Bonchev–Trinajstić information content (AvgIpc) is 2.43. The van der Waals surface area contributed by atoms with Crippen LogP contribution in [0.15, 0.2) is 30.3 Å². The molecule has 2 aromatic rings. The van der Waals surface area contributed by atoms with Crippen LogP contribution < -0.4 is 4.74 Å². The number of ether oxygens (including phenoxy) is 1. The van der Waals surface area contributed by atoms with Gasteiger partial charge in [-0.25, -0.2) is 0 Å². The second kappa shape index (κ2) is 6.38. The van der Waals surface area contributed by atoms with Crippen LogP contribution in [0.3, 0.4) is 0 Å². The van der Waals surface area contributed by atoms with Crippen molar-refractivity contribution in [3.63, 3.8) is 0 Å². The summed E-state index contributed by atoms with van der Waals surface area (Å²) in [7, 11) is 1.58. The number of halogens is 3. The lowest BCUT2D eigenvalue weighted by Gasteiger charge is -2.17. The number of rotatable bonds is 3. The molecular weight excluding hydrogens is 359 g/mol. The van der Waals surface area contributed by atoms with Gasteiger partial charge in [0.05, 0.1) is 17.0 Å². The molecule has 0 aliphatic rings. The Hall–Kier alpha value is -0.700. The summed E-state index contributed by atoms with van der Waals surface area (Å²) < 4.78 is 5.18. The fourth-order valence-electron chi connectivity index (χ4n) is 2.11. The summed E-state index contributed by atoms with van der Waals surface area (Å²) in [6.07, 6.45) is 0. The highest BCUT2D eigenvalue weighted by Gasteiger charge is 2.18. The minimum Gasteiger partial charge on any atom is -0.495 e. The molecule has 0 spiro atoms. The molecule has 0 aliphatic heterocycles. The minimum atomic E-state index is -0.00157. The van der Waals surface area contributed by atoms with Crippen molar-refractivity contribution in [1.82, 2.24) is 0 Å². The van der Waals surface area contributed by atoms with E-state index in [-0.39, 0.29) is 4.83 Å². The van der Waals surface area contributed by atoms with E-state index in [0.29, 0.717) is 15.8 Å². The first-order valence-electron chi connectivity index (χ1n) is 6.18. The van der Waals surface area contributed by atoms with E-state index in [1.807, 2.05) is 12.1 Å². The number of hydrogen-bond donors (Lipinski definition) is 0. The first-order chi connectivity index (χ1) is 9.45. The lowest BCUT2D eigenvalue weighted by Crippen LogP contribution is -1.99. The predicted molar refractivity (Wildman–Crippen MR) is 89.7 cm³/mol. The molecular formula is C16H15BrCl2O. The van der Waals surface area contributed by atoms with Gasteiger partial charge in [0.15, 0.2) is 0 Å². The topological polar surface area (TPSA) is 9.23 Å². The Labute approximate surface area is 138 Å². The number of alkyl halides is 1. The number of methoxy groups -OCH3 is 1. The Morgan fingerprint density at radius 3 is 2.40 bits per heavy atom. The molecule has 106 valence electrons. The highest BCUT2D eigenvalue weighted by atomic mass is 79.9. The van der Waals surface area contributed by atoms with Gasteiger partial charge in [0.25, 0.3) is 0 Å². The molecule has 0 N–H and O–H groups in total. The van der Waals surface area contributed by atoms with Gasteiger partial charge in [-0.1, -0.05) is 57.3 Å². The maximum Gasteiger partial charge on any atom is 0.138 e. The molecule has 0 amide bonds. The van der Waals surface area contributed by atoms with E-state index in [4.69, 9.17) is 27.9 Å². The van der Waals surface area contributed by atoms with E-state index in [9.17, 15) is 0 Å². The molecule has 0 aromatic heterocycles. The molecule has 1 atom stereocenters. The smallest absolute Gasteiger partial charge is 0.138 e. The Balaban J connectivity index is 2.51. The molecule has 0 radical (unpaired) electrons. The summed E-state index contributed by atoms with van der Waals surface area (Å²) in [5.41, 5.74) is 4.62. The van der Waals surface area contributed by atoms with E-state index < -0.39 is 0 Å². The van der Waals surface area contributed by atoms with Crippen molar-refractivity contribution in [2.75, 3.05) is 7.11 Å². The third kappa shape index (κ3) is 2.98. The summed E-state index contributed by atoms with van der Waals surface area (Å²) in [6, 6.07) is 9.84. The van der Waals surface area contributed by atoms with Gasteiger partial charge in [0.1, 0.15) is 5.75 Å². The van der Waals surface area contributed by atoms with Crippen LogP contribution in [0.2, 0.25) is 10.0 Å². The van der Waals surface area contributed by atoms with Crippen molar-refractivity contribution in [3.05, 3.63) is 62.6 Å². The molecule has 2 rings (SSSR count). The fraction of sp³-hybridized carbons (Fsp3) is 0.250. The van der Waals surface area contributed by atoms with E-state index in [0.717, 1.165) is 5.56 Å². The van der Waals surface area contributed by atoms with E-state index in [2.05, 4.69) is 41.9 Å². The molecule has 1 nitrogen and oxygen atoms in total. The fourth-order valence-corrected chi connectivity index (χ4v) is 3.63. The largest absolute Gasteiger partial charge is 0.495 e. The van der Waals surface area contributed by atoms with Crippen LogP contribution in [0.4, 0.5) is 0 Å². The van der Waals surface area contributed by atoms with Gasteiger partial charge in [0.2, 0.25) is 0 Å². The summed E-state index contributed by atoms with van der Waals surface area (Å²) in [5, 5.41) is 1.19. The van der Waals surface area contributed by atoms with Crippen LogP contribution in [0.5, 0.6) is 5.75 Å². The van der Waals surface area contributed by atoms with E-state index in [1.54, 1.807) is 13.2 Å². The quantitative estimate of drug-likeness (QED) is 0.590. The van der Waals surface area contributed by atoms with Crippen molar-refractivity contribution in [3.8, 4) is 5.75 Å². The predicted octanol–water partition coefficient (Wildman–Crippen LogP) is 6.10. The van der Waals surface area contributed by atoms with Crippen LogP contribution in [0.25, 0.3) is 0 Å². The Bertz CT molecular complexity index is 641. The zero-order chi connectivity index (χ0) is 14.9. The molecule has 0 aliphatic carbocycles. The Kier molecular flexibility index (Phi) is 5.00. The van der Waals surface area contributed by atoms with Crippen LogP contribution in [0, 0.1) is 13.8 Å². The van der Waals surface area contributed by atoms with Crippen LogP contribution in [-0.2, 0) is 0 Å². The van der Waals surface area contributed by atoms with E-state index in [1.165, 1.54) is 16.7 Å². The number of aryl methyl sites for hydroxylation is 1. The summed E-state index contributed by atoms with van der Waals surface area (Å²) in [5.74, 6) is 0.584. The molecule has 0 bridgehead atoms. The van der Waals surface area contributed by atoms with Gasteiger partial charge >= 0.3 is 0 Å². The molecule has 1 unspecified atom stereocenters. The molecule has 0 saturated heterocycles. The van der Waals surface area contributed by atoms with Gasteiger partial charge in [-0.3, -0.25) is 0 Å². The minimum absolute atomic E-state index is 0.00157. The molecule has 0 fully saturated rings. The van der Waals surface area contributed by atoms with Crippen molar-refractivity contribution in [2.45, 2.75) is 18.7 Å². The van der Waals surface area contributed by atoms with Gasteiger partial charge in [-0.2, -0.15) is 0 Å². The van der Waals surface area contributed by atoms with Gasteiger partial charge in [-0.05, 0) is 42.2 Å². The summed E-state index contributed by atoms with van der Waals surface area (Å²) in [6.45, 7) is 4.21. The standard InChI is InChI=1S/C16H15BrCl2O/c1-9-5-4-6-11(10(9)2)16(17)12-7-14(19)15(20-3)8-13(12)18/h4-8,16H,1-3H3. The molecule has 4 heteroatoms. The molecule has 0 saturated carbocycles. The second-order valence-corrected chi connectivity index (χ2v) is 6.39. The van der Waals surface area contributed by atoms with Crippen LogP contribution >= 0.6 is 39.1 Å². The molecule has 0 heterocycles. The zero-order valence-corrected chi connectivity index (χ0v) is 14.6. The zero-order valence-electron chi connectivity index (χ0n) is 11.5. The SMILES string of the molecule is COc1cc(Cl)c(C(Br)c2cccc(C)c2C)cc1Cl. The van der Waals surface area contributed by atoms with Gasteiger partial charge in [-0.15, -0.1) is 0 Å². The summed E-state index contributed by atoms with van der Waals surface area (Å²) >= 11 is 16.3. The summed E-state index contributed by atoms with van der Waals surface area (Å²) in [4.78, 5) is -0.00157. The second-order valence-electron chi connectivity index (χ2n) is 4.66. The third-order valence-corrected chi connectivity index (χ3v) is 5.07. The van der Waals surface area contributed by atoms with Crippen molar-refractivity contribution >= 4 is 39.1 Å². The van der Waals surface area contributed by atoms with Crippen molar-refractivity contribution in [1.29, 1.82) is 0 Å². The maximum atomic E-state index is 6.35. The Morgan fingerprint density at radius 1 is 1.05 bits per heavy atom. The molecule has 2 aromatic carbocycles. The first-order valence-corrected chi connectivity index (χ1v) is 7.86. The lowest BCUT2D eigenvalue weighted by molar-refractivity contribution is 0.415.